The van der Waals surface area contributed by atoms with E-state index in [1.807, 2.05) is 6.92 Å². The Morgan fingerprint density at radius 3 is 3.00 bits per heavy atom. The first-order valence-electron chi connectivity index (χ1n) is 2.66. The number of hydrogen-bond donors (Lipinski definition) is 1. The van der Waals surface area contributed by atoms with Crippen LogP contribution in [-0.4, -0.2) is 24.3 Å². The molecule has 0 aromatic carbocycles. The average Bonchev–Trinajstić information content (AvgIpc) is 1.77. The molecule has 46 valence electrons. The number of halogens is 1. The summed E-state index contributed by atoms with van der Waals surface area (Å²) in [5.74, 6) is 0. The van der Waals surface area contributed by atoms with Crippen LogP contribution in [0.2, 0.25) is 0 Å². The van der Waals surface area contributed by atoms with Crippen molar-refractivity contribution in [2.45, 2.75) is 12.4 Å². The first-order chi connectivity index (χ1) is 3.79. The molecule has 0 aromatic rings. The minimum absolute atomic E-state index is 0.0544. The van der Waals surface area contributed by atoms with Crippen LogP contribution >= 0.6 is 11.6 Å². The van der Waals surface area contributed by atoms with E-state index in [1.54, 1.807) is 0 Å². The van der Waals surface area contributed by atoms with Gasteiger partial charge in [-0.05, 0) is 6.92 Å². The van der Waals surface area contributed by atoms with Gasteiger partial charge < -0.3 is 0 Å². The van der Waals surface area contributed by atoms with Gasteiger partial charge in [0.1, 0.15) is 5.50 Å². The lowest BCUT2D eigenvalue weighted by molar-refractivity contribution is 0.679. The topological polar surface area (TPSA) is 24.4 Å². The second-order valence-electron chi connectivity index (χ2n) is 1.92. The van der Waals surface area contributed by atoms with E-state index in [4.69, 9.17) is 11.6 Å². The number of aliphatic imine (C=N–C) groups is 1. The second kappa shape index (κ2) is 2.46. The van der Waals surface area contributed by atoms with Gasteiger partial charge in [-0.2, -0.15) is 0 Å². The van der Waals surface area contributed by atoms with Gasteiger partial charge in [0.05, 0.1) is 6.54 Å². The number of alkyl halides is 1. The third kappa shape index (κ3) is 1.46. The van der Waals surface area contributed by atoms with Crippen LogP contribution in [0.5, 0.6) is 0 Å². The lowest BCUT2D eigenvalue weighted by Crippen LogP contribution is -2.35. The Morgan fingerprint density at radius 2 is 2.62 bits per heavy atom. The second-order valence-corrected chi connectivity index (χ2v) is 2.45. The average molecular weight is 133 g/mol. The van der Waals surface area contributed by atoms with E-state index in [0.29, 0.717) is 6.54 Å². The number of nitrogens with one attached hydrogen (secondary N) is 1. The molecular weight excluding hydrogens is 124 g/mol. The van der Waals surface area contributed by atoms with Gasteiger partial charge in [-0.1, -0.05) is 0 Å². The predicted molar refractivity (Wildman–Crippen MR) is 35.6 cm³/mol. The molecule has 0 amide bonds. The molecule has 2 nitrogen and oxygen atoms in total. The molecule has 8 heavy (non-hydrogen) atoms. The van der Waals surface area contributed by atoms with Gasteiger partial charge in [-0.3, -0.25) is 10.3 Å². The number of hydrogen-bond acceptors (Lipinski definition) is 2. The van der Waals surface area contributed by atoms with Crippen LogP contribution in [0, 0.1) is 0 Å². The number of rotatable bonds is 0. The van der Waals surface area contributed by atoms with Crippen molar-refractivity contribution in [3.8, 4) is 0 Å². The first-order valence-corrected chi connectivity index (χ1v) is 3.10. The largest absolute Gasteiger partial charge is 0.294 e. The van der Waals surface area contributed by atoms with Crippen molar-refractivity contribution >= 4 is 17.3 Å². The fraction of sp³-hybridized carbons (Fsp3) is 0.800. The van der Waals surface area contributed by atoms with E-state index in [2.05, 4.69) is 10.3 Å². The first kappa shape index (κ1) is 6.05. The van der Waals surface area contributed by atoms with Crippen LogP contribution in [0.15, 0.2) is 4.99 Å². The zero-order chi connectivity index (χ0) is 5.98. The summed E-state index contributed by atoms with van der Waals surface area (Å²) < 4.78 is 0. The summed E-state index contributed by atoms with van der Waals surface area (Å²) in [7, 11) is 0. The van der Waals surface area contributed by atoms with Crippen molar-refractivity contribution in [1.29, 1.82) is 0 Å². The molecule has 1 aliphatic heterocycles. The Balaban J connectivity index is 2.42. The van der Waals surface area contributed by atoms with Crippen LogP contribution in [0.4, 0.5) is 0 Å². The summed E-state index contributed by atoms with van der Waals surface area (Å²) in [6.45, 7) is 3.55. The maximum Gasteiger partial charge on any atom is 0.103 e. The van der Waals surface area contributed by atoms with Crippen molar-refractivity contribution in [3.05, 3.63) is 0 Å². The Morgan fingerprint density at radius 1 is 1.88 bits per heavy atom. The molecule has 0 aliphatic carbocycles. The van der Waals surface area contributed by atoms with Crippen molar-refractivity contribution < 1.29 is 0 Å². The van der Waals surface area contributed by atoms with E-state index in [-0.39, 0.29) is 5.50 Å². The molecule has 0 saturated heterocycles. The van der Waals surface area contributed by atoms with Crippen LogP contribution in [0.25, 0.3) is 0 Å². The zero-order valence-electron chi connectivity index (χ0n) is 4.82. The highest BCUT2D eigenvalue weighted by Gasteiger charge is 2.06. The third-order valence-electron chi connectivity index (χ3n) is 1.10. The van der Waals surface area contributed by atoms with Crippen molar-refractivity contribution in [3.63, 3.8) is 0 Å². The highest BCUT2D eigenvalue weighted by molar-refractivity contribution is 6.20. The molecule has 1 rings (SSSR count). The summed E-state index contributed by atoms with van der Waals surface area (Å²) in [5.41, 5.74) is 1.19. The van der Waals surface area contributed by atoms with Gasteiger partial charge in [-0.15, -0.1) is 11.6 Å². The Bertz CT molecular complexity index is 111. The Hall–Kier alpha value is -0.0800. The summed E-state index contributed by atoms with van der Waals surface area (Å²) in [4.78, 5) is 4.13. The summed E-state index contributed by atoms with van der Waals surface area (Å²) in [6, 6.07) is 0. The lowest BCUT2D eigenvalue weighted by atomic mass is 10.3. The van der Waals surface area contributed by atoms with Crippen LogP contribution in [-0.2, 0) is 0 Å². The molecule has 1 atom stereocenters. The predicted octanol–water partition coefficient (Wildman–Crippen LogP) is 0.615. The molecule has 1 N–H and O–H groups in total. The molecule has 0 fully saturated rings. The van der Waals surface area contributed by atoms with Gasteiger partial charge in [0, 0.05) is 12.3 Å². The van der Waals surface area contributed by atoms with Crippen LogP contribution in [0.3, 0.4) is 0 Å². The molecule has 0 saturated carbocycles. The summed E-state index contributed by atoms with van der Waals surface area (Å²) in [5, 5.41) is 3.07. The summed E-state index contributed by atoms with van der Waals surface area (Å²) in [6.07, 6.45) is 0. The highest BCUT2D eigenvalue weighted by Crippen LogP contribution is 1.96. The third-order valence-corrected chi connectivity index (χ3v) is 1.39. The fourth-order valence-electron chi connectivity index (χ4n) is 0.615. The van der Waals surface area contributed by atoms with Crippen molar-refractivity contribution in [2.75, 3.05) is 13.1 Å². The van der Waals surface area contributed by atoms with Crippen molar-refractivity contribution in [2.24, 2.45) is 4.99 Å². The molecular formula is C5H9ClN2. The lowest BCUT2D eigenvalue weighted by Gasteiger charge is -2.14. The quantitative estimate of drug-likeness (QED) is 0.379. The van der Waals surface area contributed by atoms with Gasteiger partial charge in [0.15, 0.2) is 0 Å². The van der Waals surface area contributed by atoms with E-state index >= 15 is 0 Å². The SMILES string of the molecule is CC1=NCC(Cl)NC1. The van der Waals surface area contributed by atoms with E-state index in [9.17, 15) is 0 Å². The molecule has 1 aliphatic rings. The zero-order valence-corrected chi connectivity index (χ0v) is 5.57. The van der Waals surface area contributed by atoms with Crippen LogP contribution < -0.4 is 5.32 Å². The maximum atomic E-state index is 5.66. The van der Waals surface area contributed by atoms with Crippen molar-refractivity contribution in [1.82, 2.24) is 5.32 Å². The Labute approximate surface area is 53.9 Å². The van der Waals surface area contributed by atoms with Gasteiger partial charge in [0.2, 0.25) is 0 Å². The monoisotopic (exact) mass is 132 g/mol. The normalized spacial score (nSPS) is 29.8. The molecule has 0 radical (unpaired) electrons. The molecule has 0 spiro atoms. The Kier molecular flexibility index (Phi) is 1.86. The van der Waals surface area contributed by atoms with Gasteiger partial charge >= 0.3 is 0 Å². The molecule has 0 aromatic heterocycles. The highest BCUT2D eigenvalue weighted by atomic mass is 35.5. The summed E-state index contributed by atoms with van der Waals surface area (Å²) >= 11 is 5.66. The molecule has 0 bridgehead atoms. The molecule has 3 heteroatoms. The smallest absolute Gasteiger partial charge is 0.103 e. The van der Waals surface area contributed by atoms with Gasteiger partial charge in [-0.25, -0.2) is 0 Å². The molecule has 1 heterocycles. The van der Waals surface area contributed by atoms with Crippen LogP contribution in [0.1, 0.15) is 6.92 Å². The van der Waals surface area contributed by atoms with Gasteiger partial charge in [0.25, 0.3) is 0 Å². The minimum Gasteiger partial charge on any atom is -0.294 e. The van der Waals surface area contributed by atoms with E-state index in [1.165, 1.54) is 0 Å². The molecule has 1 unspecified atom stereocenters. The number of nitrogens with zero attached hydrogens (tertiary/aromatic N) is 1. The standard InChI is InChI=1S/C5H9ClN2/c1-4-2-8-5(6)3-7-4/h5,8H,2-3H2,1H3. The minimum atomic E-state index is 0.0544. The fourth-order valence-corrected chi connectivity index (χ4v) is 0.761. The van der Waals surface area contributed by atoms with E-state index < -0.39 is 0 Å². The maximum absolute atomic E-state index is 5.66. The van der Waals surface area contributed by atoms with E-state index in [0.717, 1.165) is 12.3 Å².